The van der Waals surface area contributed by atoms with Crippen LogP contribution in [0.3, 0.4) is 0 Å². The molecule has 0 radical (unpaired) electrons. The molecule has 5 rings (SSSR count). The fourth-order valence-electron chi connectivity index (χ4n) is 4.15. The summed E-state index contributed by atoms with van der Waals surface area (Å²) < 4.78 is 35.6. The van der Waals surface area contributed by atoms with Crippen LogP contribution in [0.5, 0.6) is 0 Å². The average molecular weight is 485 g/mol. The molecule has 180 valence electrons. The van der Waals surface area contributed by atoms with Gasteiger partial charge in [0.15, 0.2) is 11.6 Å². The highest BCUT2D eigenvalue weighted by molar-refractivity contribution is 5.92. The van der Waals surface area contributed by atoms with Crippen molar-refractivity contribution in [3.8, 4) is 6.07 Å². The van der Waals surface area contributed by atoms with Gasteiger partial charge in [0.1, 0.15) is 24.1 Å². The van der Waals surface area contributed by atoms with Crippen LogP contribution in [-0.2, 0) is 29.2 Å². The third-order valence-corrected chi connectivity index (χ3v) is 6.07. The summed E-state index contributed by atoms with van der Waals surface area (Å²) in [5.74, 6) is -1.28. The number of hydrogen-bond donors (Lipinski definition) is 0. The quantitative estimate of drug-likeness (QED) is 0.505. The lowest BCUT2D eigenvalue weighted by Gasteiger charge is -2.24. The zero-order valence-corrected chi connectivity index (χ0v) is 19.1. The Bertz CT molecular complexity index is 1420. The summed E-state index contributed by atoms with van der Waals surface area (Å²) in [6.07, 6.45) is 10.6. The van der Waals surface area contributed by atoms with Crippen molar-refractivity contribution >= 4 is 5.91 Å². The molecule has 0 N–H and O–H groups in total. The Hall–Kier alpha value is -4.58. The van der Waals surface area contributed by atoms with Crippen LogP contribution in [0.25, 0.3) is 0 Å². The lowest BCUT2D eigenvalue weighted by atomic mass is 9.99. The number of allylic oxidation sites excluding steroid dienone is 2. The molecule has 36 heavy (non-hydrogen) atoms. The van der Waals surface area contributed by atoms with E-state index < -0.39 is 17.5 Å². The van der Waals surface area contributed by atoms with E-state index in [2.05, 4.69) is 16.3 Å². The first kappa shape index (κ1) is 23.2. The maximum absolute atomic E-state index is 14.5. The van der Waals surface area contributed by atoms with Crippen molar-refractivity contribution in [1.29, 1.82) is 5.26 Å². The van der Waals surface area contributed by atoms with Gasteiger partial charge in [-0.05, 0) is 35.9 Å². The molecule has 3 aromatic rings. The van der Waals surface area contributed by atoms with Gasteiger partial charge in [0.25, 0.3) is 5.91 Å². The second-order valence-corrected chi connectivity index (χ2v) is 8.54. The van der Waals surface area contributed by atoms with Crippen LogP contribution in [0, 0.1) is 28.9 Å². The van der Waals surface area contributed by atoms with Gasteiger partial charge in [-0.3, -0.25) is 4.79 Å². The number of halogens is 2. The summed E-state index contributed by atoms with van der Waals surface area (Å²) >= 11 is 0. The van der Waals surface area contributed by atoms with E-state index in [9.17, 15) is 13.6 Å². The highest BCUT2D eigenvalue weighted by Crippen LogP contribution is 2.30. The van der Waals surface area contributed by atoms with E-state index >= 15 is 0 Å². The number of hydrogen-bond acceptors (Lipinski definition) is 5. The summed E-state index contributed by atoms with van der Waals surface area (Å²) in [5.41, 5.74) is 1.64. The van der Waals surface area contributed by atoms with E-state index in [0.29, 0.717) is 17.9 Å². The number of aromatic nitrogens is 3. The molecule has 0 fully saturated rings. The number of carbonyl (C=O) groups excluding carboxylic acids is 1. The third-order valence-electron chi connectivity index (χ3n) is 6.07. The Labute approximate surface area is 206 Å². The number of carbonyl (C=O) groups is 1. The van der Waals surface area contributed by atoms with Gasteiger partial charge < -0.3 is 14.2 Å². The number of amides is 1. The molecule has 2 heterocycles. The van der Waals surface area contributed by atoms with Crippen LogP contribution in [0.15, 0.2) is 84.9 Å². The first-order valence-corrected chi connectivity index (χ1v) is 11.3. The maximum atomic E-state index is 14.5. The summed E-state index contributed by atoms with van der Waals surface area (Å²) in [5, 5.41) is 17.2. The van der Waals surface area contributed by atoms with E-state index in [0.717, 1.165) is 17.7 Å². The Morgan fingerprint density at radius 2 is 1.92 bits per heavy atom. The molecule has 7 nitrogen and oxygen atoms in total. The lowest BCUT2D eigenvalue weighted by molar-refractivity contribution is -0.132. The molecule has 0 bridgehead atoms. The van der Waals surface area contributed by atoms with E-state index in [1.807, 2.05) is 36.4 Å². The predicted molar refractivity (Wildman–Crippen MR) is 126 cm³/mol. The molecule has 1 aliphatic carbocycles. The Morgan fingerprint density at radius 3 is 2.67 bits per heavy atom. The van der Waals surface area contributed by atoms with Gasteiger partial charge in [-0.25, -0.2) is 8.78 Å². The standard InChI is InChI=1S/C27H21F2N5O2/c28-22-10-9-21(23(29)12-22)15-33(27(35)25-11-20-3-1-2-4-24(20)36-25)16-26-32-31-17-34(26)14-19-7-5-18(13-30)6-8-19/h1-12,17,20,24H,14-16H2. The average Bonchev–Trinajstić information content (AvgIpc) is 3.52. The van der Waals surface area contributed by atoms with Crippen molar-refractivity contribution in [1.82, 2.24) is 19.7 Å². The summed E-state index contributed by atoms with van der Waals surface area (Å²) in [6.45, 7) is 0.323. The minimum Gasteiger partial charge on any atom is -0.480 e. The largest absolute Gasteiger partial charge is 0.480 e. The van der Waals surface area contributed by atoms with Crippen LogP contribution in [0.1, 0.15) is 22.5 Å². The number of benzene rings is 2. The van der Waals surface area contributed by atoms with Gasteiger partial charge in [0.05, 0.1) is 24.7 Å². The molecular weight excluding hydrogens is 464 g/mol. The van der Waals surface area contributed by atoms with Crippen molar-refractivity contribution in [3.63, 3.8) is 0 Å². The zero-order valence-electron chi connectivity index (χ0n) is 19.1. The second-order valence-electron chi connectivity index (χ2n) is 8.54. The fraction of sp³-hybridized carbons (Fsp3) is 0.185. The molecule has 1 amide bonds. The van der Waals surface area contributed by atoms with Crippen molar-refractivity contribution in [2.24, 2.45) is 5.92 Å². The zero-order chi connectivity index (χ0) is 25.1. The fourth-order valence-corrected chi connectivity index (χ4v) is 4.15. The number of nitrogens with zero attached hydrogens (tertiary/aromatic N) is 5. The lowest BCUT2D eigenvalue weighted by Crippen LogP contribution is -2.33. The van der Waals surface area contributed by atoms with E-state index in [4.69, 9.17) is 10.00 Å². The van der Waals surface area contributed by atoms with Crippen molar-refractivity contribution in [2.45, 2.75) is 25.7 Å². The van der Waals surface area contributed by atoms with E-state index in [-0.39, 0.29) is 36.4 Å². The van der Waals surface area contributed by atoms with Gasteiger partial charge in [-0.1, -0.05) is 36.4 Å². The molecule has 9 heteroatoms. The molecule has 1 aromatic heterocycles. The summed E-state index contributed by atoms with van der Waals surface area (Å²) in [7, 11) is 0. The third kappa shape index (κ3) is 4.93. The SMILES string of the molecule is N#Cc1ccc(Cn2cnnc2CN(Cc2ccc(F)cc2F)C(=O)C2=CC3C=CC=CC3O2)cc1. The highest BCUT2D eigenvalue weighted by atomic mass is 19.1. The van der Waals surface area contributed by atoms with Crippen LogP contribution in [0.4, 0.5) is 8.78 Å². The molecule has 0 saturated heterocycles. The topological polar surface area (TPSA) is 84.0 Å². The Morgan fingerprint density at radius 1 is 1.11 bits per heavy atom. The van der Waals surface area contributed by atoms with E-state index in [1.165, 1.54) is 11.0 Å². The molecule has 0 saturated carbocycles. The smallest absolute Gasteiger partial charge is 0.289 e. The van der Waals surface area contributed by atoms with Gasteiger partial charge in [0, 0.05) is 24.1 Å². The number of ether oxygens (including phenoxy) is 1. The monoisotopic (exact) mass is 485 g/mol. The minimum absolute atomic E-state index is 0.0215. The van der Waals surface area contributed by atoms with Crippen molar-refractivity contribution in [3.05, 3.63) is 119 Å². The van der Waals surface area contributed by atoms with Gasteiger partial charge in [-0.2, -0.15) is 5.26 Å². The van der Waals surface area contributed by atoms with Crippen LogP contribution >= 0.6 is 0 Å². The maximum Gasteiger partial charge on any atom is 0.289 e. The van der Waals surface area contributed by atoms with Crippen molar-refractivity contribution < 1.29 is 18.3 Å². The Balaban J connectivity index is 1.41. The number of nitriles is 1. The molecule has 0 spiro atoms. The predicted octanol–water partition coefficient (Wildman–Crippen LogP) is 4.03. The molecule has 2 aromatic carbocycles. The summed E-state index contributed by atoms with van der Waals surface area (Å²) in [6, 6.07) is 12.5. The van der Waals surface area contributed by atoms with Gasteiger partial charge in [-0.15, -0.1) is 10.2 Å². The highest BCUT2D eigenvalue weighted by Gasteiger charge is 2.33. The van der Waals surface area contributed by atoms with Gasteiger partial charge in [0.2, 0.25) is 0 Å². The molecule has 2 unspecified atom stereocenters. The number of fused-ring (bicyclic) bond motifs is 1. The summed E-state index contributed by atoms with van der Waals surface area (Å²) in [4.78, 5) is 14.9. The molecule has 2 aliphatic rings. The van der Waals surface area contributed by atoms with E-state index in [1.54, 1.807) is 29.1 Å². The normalized spacial score (nSPS) is 17.8. The number of rotatable bonds is 7. The first-order valence-electron chi connectivity index (χ1n) is 11.3. The van der Waals surface area contributed by atoms with Crippen molar-refractivity contribution in [2.75, 3.05) is 0 Å². The van der Waals surface area contributed by atoms with Crippen LogP contribution in [0.2, 0.25) is 0 Å². The molecule has 2 atom stereocenters. The van der Waals surface area contributed by atoms with Crippen LogP contribution in [-0.4, -0.2) is 31.7 Å². The van der Waals surface area contributed by atoms with Crippen LogP contribution < -0.4 is 0 Å². The molecular formula is C27H21F2N5O2. The minimum atomic E-state index is -0.743. The van der Waals surface area contributed by atoms with Gasteiger partial charge >= 0.3 is 0 Å². The first-order chi connectivity index (χ1) is 17.5. The second kappa shape index (κ2) is 9.96. The molecule has 1 aliphatic heterocycles. The Kier molecular flexibility index (Phi) is 6.41.